The van der Waals surface area contributed by atoms with Crippen molar-refractivity contribution in [1.82, 2.24) is 19.8 Å². The van der Waals surface area contributed by atoms with E-state index in [1.807, 2.05) is 6.07 Å². The molecule has 1 aromatic heterocycles. The molecule has 1 N–H and O–H groups in total. The summed E-state index contributed by atoms with van der Waals surface area (Å²) in [4.78, 5) is 27.7. The summed E-state index contributed by atoms with van der Waals surface area (Å²) in [5, 5.41) is 13.5. The van der Waals surface area contributed by atoms with E-state index in [4.69, 9.17) is 9.47 Å². The molecule has 218 valence electrons. The molecule has 5 heterocycles. The Balaban J connectivity index is 1.11. The third-order valence-electron chi connectivity index (χ3n) is 8.50. The number of aromatic nitrogens is 2. The number of nitrogens with zero attached hydrogens (tertiary/aromatic N) is 6. The van der Waals surface area contributed by atoms with Gasteiger partial charge < -0.3 is 24.6 Å². The number of hydrogen-bond donors (Lipinski definition) is 1. The molecule has 0 spiro atoms. The predicted molar refractivity (Wildman–Crippen MR) is 152 cm³/mol. The number of carbonyl (C=O) groups is 1. The van der Waals surface area contributed by atoms with Crippen LogP contribution in [0, 0.1) is 11.3 Å². The lowest BCUT2D eigenvalue weighted by atomic mass is 9.87. The van der Waals surface area contributed by atoms with E-state index in [0.29, 0.717) is 55.4 Å². The third-order valence-corrected chi connectivity index (χ3v) is 9.44. The van der Waals surface area contributed by atoms with Gasteiger partial charge in [0.05, 0.1) is 35.8 Å². The highest BCUT2D eigenvalue weighted by atomic mass is 32.2. The van der Waals surface area contributed by atoms with Gasteiger partial charge in [-0.15, -0.1) is 0 Å². The van der Waals surface area contributed by atoms with Crippen molar-refractivity contribution in [2.24, 2.45) is 0 Å². The summed E-state index contributed by atoms with van der Waals surface area (Å²) in [5.41, 5.74) is 3.22. The first-order valence-corrected chi connectivity index (χ1v) is 16.2. The van der Waals surface area contributed by atoms with Crippen molar-refractivity contribution in [3.05, 3.63) is 35.2 Å². The summed E-state index contributed by atoms with van der Waals surface area (Å²) in [6, 6.07) is 6.69. The first-order valence-electron chi connectivity index (χ1n) is 14.1. The maximum Gasteiger partial charge on any atom is 0.223 e. The van der Waals surface area contributed by atoms with Crippen molar-refractivity contribution in [2.75, 3.05) is 74.7 Å². The molecular formula is C28H35N7O5S. The van der Waals surface area contributed by atoms with Crippen molar-refractivity contribution >= 4 is 33.1 Å². The molecule has 3 fully saturated rings. The van der Waals surface area contributed by atoms with Crippen molar-refractivity contribution in [1.29, 1.82) is 5.26 Å². The average molecular weight is 582 g/mol. The number of likely N-dealkylation sites (tertiary alicyclic amines) is 2. The molecule has 1 amide bonds. The number of anilines is 3. The predicted octanol–water partition coefficient (Wildman–Crippen LogP) is 1.65. The molecule has 4 aliphatic rings. The second-order valence-corrected chi connectivity index (χ2v) is 13.5. The van der Waals surface area contributed by atoms with Crippen LogP contribution < -0.4 is 15.0 Å². The molecule has 2 aromatic rings. The van der Waals surface area contributed by atoms with Crippen LogP contribution in [0.15, 0.2) is 18.5 Å². The van der Waals surface area contributed by atoms with Crippen LogP contribution in [0.1, 0.15) is 41.9 Å². The van der Waals surface area contributed by atoms with Gasteiger partial charge in [0.15, 0.2) is 5.75 Å². The number of rotatable bonds is 6. The summed E-state index contributed by atoms with van der Waals surface area (Å²) >= 11 is 0. The Morgan fingerprint density at radius 1 is 1.15 bits per heavy atom. The fourth-order valence-corrected chi connectivity index (χ4v) is 6.65. The largest absolute Gasteiger partial charge is 0.485 e. The molecule has 4 aliphatic heterocycles. The van der Waals surface area contributed by atoms with Crippen LogP contribution in [0.4, 0.5) is 17.3 Å². The topological polar surface area (TPSA) is 141 Å². The lowest BCUT2D eigenvalue weighted by Gasteiger charge is -2.47. The molecule has 41 heavy (non-hydrogen) atoms. The average Bonchev–Trinajstić information content (AvgIpc) is 3.14. The summed E-state index contributed by atoms with van der Waals surface area (Å²) in [6.45, 7) is 6.18. The standard InChI is InChI=1S/C28H35N7O5S/c1-41(37,38)11-4-25(36)35-15-22(16-35)33-5-2-19(3-6-33)20-12-21(14-29)26-24(13-20)32-27-23(17-40-26)28(31-18-30-27)34-7-9-39-10-8-34/h12-13,18-19,22H,2-11,15-17H2,1H3,(H,30,31,32). The molecule has 3 saturated heterocycles. The van der Waals surface area contributed by atoms with E-state index < -0.39 is 9.84 Å². The summed E-state index contributed by atoms with van der Waals surface area (Å²) in [7, 11) is -3.14. The second kappa shape index (κ2) is 11.4. The summed E-state index contributed by atoms with van der Waals surface area (Å²) < 4.78 is 34.4. The van der Waals surface area contributed by atoms with Crippen LogP contribution in [0.2, 0.25) is 0 Å². The van der Waals surface area contributed by atoms with Gasteiger partial charge in [0.1, 0.15) is 40.5 Å². The van der Waals surface area contributed by atoms with E-state index in [1.165, 1.54) is 0 Å². The molecule has 12 nitrogen and oxygen atoms in total. The van der Waals surface area contributed by atoms with Crippen molar-refractivity contribution in [2.45, 2.75) is 37.8 Å². The summed E-state index contributed by atoms with van der Waals surface area (Å²) in [5.74, 6) is 2.17. The maximum absolute atomic E-state index is 12.3. The van der Waals surface area contributed by atoms with E-state index >= 15 is 0 Å². The number of carbonyl (C=O) groups excluding carboxylic acids is 1. The van der Waals surface area contributed by atoms with Crippen LogP contribution in [-0.2, 0) is 26.0 Å². The number of sulfone groups is 1. The second-order valence-electron chi connectivity index (χ2n) is 11.2. The minimum atomic E-state index is -3.14. The normalized spacial score (nSPS) is 20.1. The van der Waals surface area contributed by atoms with Crippen LogP contribution >= 0.6 is 0 Å². The molecule has 0 radical (unpaired) electrons. The lowest BCUT2D eigenvalue weighted by Crippen LogP contribution is -2.62. The van der Waals surface area contributed by atoms with Crippen molar-refractivity contribution in [3.63, 3.8) is 0 Å². The Morgan fingerprint density at radius 2 is 1.90 bits per heavy atom. The van der Waals surface area contributed by atoms with E-state index in [1.54, 1.807) is 11.2 Å². The highest BCUT2D eigenvalue weighted by Gasteiger charge is 2.37. The Morgan fingerprint density at radius 3 is 2.61 bits per heavy atom. The molecule has 0 atom stereocenters. The maximum atomic E-state index is 12.3. The van der Waals surface area contributed by atoms with Gasteiger partial charge >= 0.3 is 0 Å². The Kier molecular flexibility index (Phi) is 7.72. The van der Waals surface area contributed by atoms with Gasteiger partial charge in [-0.25, -0.2) is 18.4 Å². The van der Waals surface area contributed by atoms with Crippen LogP contribution in [0.3, 0.4) is 0 Å². The zero-order valence-electron chi connectivity index (χ0n) is 23.2. The molecule has 13 heteroatoms. The molecule has 0 bridgehead atoms. The van der Waals surface area contributed by atoms with Gasteiger partial charge in [0, 0.05) is 44.9 Å². The van der Waals surface area contributed by atoms with Gasteiger partial charge in [0.25, 0.3) is 0 Å². The number of benzene rings is 1. The Bertz CT molecular complexity index is 1460. The van der Waals surface area contributed by atoms with Crippen LogP contribution in [-0.4, -0.2) is 105 Å². The van der Waals surface area contributed by atoms with Crippen LogP contribution in [0.25, 0.3) is 0 Å². The van der Waals surface area contributed by atoms with Gasteiger partial charge in [-0.3, -0.25) is 9.69 Å². The molecule has 0 aliphatic carbocycles. The molecule has 0 unspecified atom stereocenters. The first kappa shape index (κ1) is 27.7. The van der Waals surface area contributed by atoms with E-state index in [9.17, 15) is 18.5 Å². The van der Waals surface area contributed by atoms with Gasteiger partial charge in [-0.1, -0.05) is 0 Å². The number of morpholine rings is 1. The number of hydrogen-bond acceptors (Lipinski definition) is 11. The van der Waals surface area contributed by atoms with Gasteiger partial charge in [0.2, 0.25) is 5.91 Å². The number of fused-ring (bicyclic) bond motifs is 2. The highest BCUT2D eigenvalue weighted by molar-refractivity contribution is 7.90. The number of ether oxygens (including phenoxy) is 2. The number of amides is 1. The first-order chi connectivity index (χ1) is 19.8. The zero-order valence-corrected chi connectivity index (χ0v) is 24.0. The van der Waals surface area contributed by atoms with E-state index in [2.05, 4.69) is 37.2 Å². The highest BCUT2D eigenvalue weighted by Crippen LogP contribution is 2.41. The third kappa shape index (κ3) is 5.95. The SMILES string of the molecule is CS(=O)(=O)CCC(=O)N1CC(N2CCC(c3cc(C#N)c4c(c3)Nc3ncnc(N5CCOCC5)c3CO4)CC2)C1. The lowest BCUT2D eigenvalue weighted by molar-refractivity contribution is -0.138. The Labute approximate surface area is 240 Å². The minimum Gasteiger partial charge on any atom is -0.485 e. The van der Waals surface area contributed by atoms with Crippen molar-refractivity contribution < 1.29 is 22.7 Å². The van der Waals surface area contributed by atoms with E-state index in [-0.39, 0.29) is 24.7 Å². The van der Waals surface area contributed by atoms with Crippen LogP contribution in [0.5, 0.6) is 5.75 Å². The smallest absolute Gasteiger partial charge is 0.223 e. The minimum absolute atomic E-state index is 0.0516. The summed E-state index contributed by atoms with van der Waals surface area (Å²) in [6.07, 6.45) is 4.67. The fourth-order valence-electron chi connectivity index (χ4n) is 6.10. The van der Waals surface area contributed by atoms with Gasteiger partial charge in [-0.05, 0) is 49.5 Å². The molecule has 1 aromatic carbocycles. The number of nitrogens with one attached hydrogen (secondary N) is 1. The monoisotopic (exact) mass is 581 g/mol. The molecule has 0 saturated carbocycles. The fraction of sp³-hybridized carbons (Fsp3) is 0.571. The molecular weight excluding hydrogens is 546 g/mol. The van der Waals surface area contributed by atoms with E-state index in [0.717, 1.165) is 67.9 Å². The number of piperidine rings is 1. The number of nitriles is 1. The quantitative estimate of drug-likeness (QED) is 0.532. The Hall–Kier alpha value is -3.47. The molecule has 6 rings (SSSR count). The van der Waals surface area contributed by atoms with Crippen molar-refractivity contribution in [3.8, 4) is 11.8 Å². The van der Waals surface area contributed by atoms with Gasteiger partial charge in [-0.2, -0.15) is 5.26 Å². The zero-order chi connectivity index (χ0) is 28.6.